The molecule has 0 unspecified atom stereocenters. The highest BCUT2D eigenvalue weighted by atomic mass is 32.1. The van der Waals surface area contributed by atoms with Crippen molar-refractivity contribution in [3.05, 3.63) is 87.6 Å². The van der Waals surface area contributed by atoms with Crippen LogP contribution < -0.4 is 10.2 Å². The molecule has 3 aromatic rings. The minimum atomic E-state index is -0.410. The molecule has 3 rings (SSSR count). The van der Waals surface area contributed by atoms with E-state index in [9.17, 15) is 13.6 Å². The van der Waals surface area contributed by atoms with E-state index in [1.807, 2.05) is 0 Å². The molecule has 0 spiro atoms. The highest BCUT2D eigenvalue weighted by Gasteiger charge is 2.14. The molecule has 0 radical (unpaired) electrons. The largest absolute Gasteiger partial charge is 0.487 e. The summed E-state index contributed by atoms with van der Waals surface area (Å²) in [4.78, 5) is 12.6. The third-order valence-corrected chi connectivity index (χ3v) is 4.29. The van der Waals surface area contributed by atoms with E-state index < -0.39 is 5.91 Å². The molecule has 1 heterocycles. The zero-order valence-electron chi connectivity index (χ0n) is 13.5. The molecule has 132 valence electrons. The maximum Gasteiger partial charge on any atom is 0.285 e. The molecule has 0 aliphatic rings. The summed E-state index contributed by atoms with van der Waals surface area (Å²) >= 11 is 1.22. The van der Waals surface area contributed by atoms with Gasteiger partial charge in [-0.3, -0.25) is 4.79 Å². The number of hydrogen-bond acceptors (Lipinski definition) is 4. The second-order valence-corrected chi connectivity index (χ2v) is 6.20. The smallest absolute Gasteiger partial charge is 0.285 e. The summed E-state index contributed by atoms with van der Waals surface area (Å²) in [7, 11) is 0. The molecule has 1 aromatic heterocycles. The van der Waals surface area contributed by atoms with Gasteiger partial charge in [0.2, 0.25) is 0 Å². The van der Waals surface area contributed by atoms with E-state index in [4.69, 9.17) is 4.74 Å². The molecule has 4 nitrogen and oxygen atoms in total. The number of benzene rings is 2. The lowest BCUT2D eigenvalue weighted by atomic mass is 10.2. The Kier molecular flexibility index (Phi) is 5.70. The van der Waals surface area contributed by atoms with Crippen molar-refractivity contribution < 1.29 is 18.3 Å². The fraction of sp³-hybridized carbons (Fsp3) is 0.0526. The number of carbonyl (C=O) groups excluding carboxylic acids is 1. The lowest BCUT2D eigenvalue weighted by molar-refractivity contribution is 0.0955. The molecule has 0 aliphatic heterocycles. The van der Waals surface area contributed by atoms with Crippen LogP contribution in [0.2, 0.25) is 0 Å². The van der Waals surface area contributed by atoms with Crippen LogP contribution in [0.3, 0.4) is 0 Å². The summed E-state index contributed by atoms with van der Waals surface area (Å²) in [6, 6.07) is 13.3. The van der Waals surface area contributed by atoms with E-state index in [0.29, 0.717) is 16.2 Å². The molecule has 0 aliphatic carbocycles. The molecule has 2 aromatic carbocycles. The Bertz CT molecular complexity index is 906. The van der Waals surface area contributed by atoms with Gasteiger partial charge in [0.25, 0.3) is 5.91 Å². The van der Waals surface area contributed by atoms with Gasteiger partial charge in [-0.25, -0.2) is 14.2 Å². The van der Waals surface area contributed by atoms with Crippen molar-refractivity contribution in [1.82, 2.24) is 5.43 Å². The molecular weight excluding hydrogens is 358 g/mol. The number of thiophene rings is 1. The van der Waals surface area contributed by atoms with Crippen LogP contribution in [0.5, 0.6) is 5.75 Å². The van der Waals surface area contributed by atoms with Gasteiger partial charge in [0.1, 0.15) is 28.9 Å². The van der Waals surface area contributed by atoms with Crippen molar-refractivity contribution in [3.63, 3.8) is 0 Å². The SMILES string of the molecule is O=C(N/N=C\c1ccc(F)cc1)c1sccc1OCc1ccc(F)cc1. The van der Waals surface area contributed by atoms with Gasteiger partial charge in [-0.15, -0.1) is 11.3 Å². The predicted octanol–water partition coefficient (Wildman–Crippen LogP) is 4.37. The van der Waals surface area contributed by atoms with Gasteiger partial charge in [0, 0.05) is 0 Å². The minimum absolute atomic E-state index is 0.218. The van der Waals surface area contributed by atoms with Gasteiger partial charge in [-0.05, 0) is 46.8 Å². The Morgan fingerprint density at radius 2 is 1.69 bits per heavy atom. The highest BCUT2D eigenvalue weighted by molar-refractivity contribution is 7.12. The van der Waals surface area contributed by atoms with Gasteiger partial charge in [0.05, 0.1) is 6.21 Å². The second kappa shape index (κ2) is 8.35. The van der Waals surface area contributed by atoms with Gasteiger partial charge >= 0.3 is 0 Å². The predicted molar refractivity (Wildman–Crippen MR) is 96.5 cm³/mol. The van der Waals surface area contributed by atoms with Crippen molar-refractivity contribution in [1.29, 1.82) is 0 Å². The Labute approximate surface area is 152 Å². The number of halogens is 2. The number of carbonyl (C=O) groups is 1. The lowest BCUT2D eigenvalue weighted by Gasteiger charge is -2.06. The van der Waals surface area contributed by atoms with E-state index in [0.717, 1.165) is 5.56 Å². The molecule has 0 bridgehead atoms. The quantitative estimate of drug-likeness (QED) is 0.516. The summed E-state index contributed by atoms with van der Waals surface area (Å²) in [6.07, 6.45) is 1.42. The van der Waals surface area contributed by atoms with Crippen LogP contribution in [0.15, 0.2) is 65.1 Å². The molecule has 1 N–H and O–H groups in total. The average Bonchev–Trinajstić information content (AvgIpc) is 3.11. The Morgan fingerprint density at radius 1 is 1.04 bits per heavy atom. The number of nitrogens with zero attached hydrogens (tertiary/aromatic N) is 1. The van der Waals surface area contributed by atoms with E-state index in [2.05, 4.69) is 10.5 Å². The van der Waals surface area contributed by atoms with E-state index in [1.165, 1.54) is 41.8 Å². The van der Waals surface area contributed by atoms with E-state index in [-0.39, 0.29) is 18.2 Å². The van der Waals surface area contributed by atoms with E-state index in [1.54, 1.807) is 35.7 Å². The standard InChI is InChI=1S/C19H14F2N2O2S/c20-15-5-1-13(2-6-15)11-22-23-19(24)18-17(9-10-26-18)25-12-14-3-7-16(21)8-4-14/h1-11H,12H2,(H,23,24)/b22-11-. The van der Waals surface area contributed by atoms with Gasteiger partial charge < -0.3 is 4.74 Å². The van der Waals surface area contributed by atoms with Crippen molar-refractivity contribution in [2.24, 2.45) is 5.10 Å². The maximum absolute atomic E-state index is 12.9. The van der Waals surface area contributed by atoms with Gasteiger partial charge in [-0.2, -0.15) is 5.10 Å². The van der Waals surface area contributed by atoms with Crippen molar-refractivity contribution in [2.45, 2.75) is 6.61 Å². The minimum Gasteiger partial charge on any atom is -0.487 e. The summed E-state index contributed by atoms with van der Waals surface area (Å²) in [6.45, 7) is 0.218. The first-order valence-electron chi connectivity index (χ1n) is 7.65. The molecular formula is C19H14F2N2O2S. The molecule has 1 amide bonds. The molecule has 0 fully saturated rings. The molecule has 26 heavy (non-hydrogen) atoms. The van der Waals surface area contributed by atoms with Crippen LogP contribution in [-0.4, -0.2) is 12.1 Å². The molecule has 7 heteroatoms. The van der Waals surface area contributed by atoms with Gasteiger partial charge in [-0.1, -0.05) is 24.3 Å². The van der Waals surface area contributed by atoms with Crippen molar-refractivity contribution in [2.75, 3.05) is 0 Å². The zero-order chi connectivity index (χ0) is 18.4. The molecule has 0 atom stereocenters. The van der Waals surface area contributed by atoms with Crippen molar-refractivity contribution >= 4 is 23.5 Å². The summed E-state index contributed by atoms with van der Waals surface area (Å²) < 4.78 is 31.4. The summed E-state index contributed by atoms with van der Waals surface area (Å²) in [5.74, 6) is -0.641. The van der Waals surface area contributed by atoms with Crippen LogP contribution >= 0.6 is 11.3 Å². The third-order valence-electron chi connectivity index (χ3n) is 3.39. The number of hydrogen-bond donors (Lipinski definition) is 1. The van der Waals surface area contributed by atoms with Crippen LogP contribution in [0.1, 0.15) is 20.8 Å². The molecule has 0 saturated carbocycles. The average molecular weight is 372 g/mol. The number of ether oxygens (including phenoxy) is 1. The maximum atomic E-state index is 12.9. The zero-order valence-corrected chi connectivity index (χ0v) is 14.3. The fourth-order valence-corrected chi connectivity index (χ4v) is 2.81. The first-order chi connectivity index (χ1) is 12.6. The first kappa shape index (κ1) is 17.8. The van der Waals surface area contributed by atoms with Crippen LogP contribution in [0.4, 0.5) is 8.78 Å². The summed E-state index contributed by atoms with van der Waals surface area (Å²) in [5.41, 5.74) is 3.86. The third kappa shape index (κ3) is 4.73. The molecule has 0 saturated heterocycles. The van der Waals surface area contributed by atoms with Crippen LogP contribution in [-0.2, 0) is 6.61 Å². The van der Waals surface area contributed by atoms with Gasteiger partial charge in [0.15, 0.2) is 0 Å². The van der Waals surface area contributed by atoms with Crippen LogP contribution in [0, 0.1) is 11.6 Å². The topological polar surface area (TPSA) is 50.7 Å². The van der Waals surface area contributed by atoms with Crippen LogP contribution in [0.25, 0.3) is 0 Å². The summed E-state index contributed by atoms with van der Waals surface area (Å²) in [5, 5.41) is 5.59. The number of amides is 1. The van der Waals surface area contributed by atoms with E-state index >= 15 is 0 Å². The Morgan fingerprint density at radius 3 is 2.38 bits per heavy atom. The Balaban J connectivity index is 1.59. The fourth-order valence-electron chi connectivity index (χ4n) is 2.08. The number of rotatable bonds is 6. The number of hydrazone groups is 1. The number of nitrogens with one attached hydrogen (secondary N) is 1. The second-order valence-electron chi connectivity index (χ2n) is 5.28. The monoisotopic (exact) mass is 372 g/mol. The highest BCUT2D eigenvalue weighted by Crippen LogP contribution is 2.25. The lowest BCUT2D eigenvalue weighted by Crippen LogP contribution is -2.17. The first-order valence-corrected chi connectivity index (χ1v) is 8.53. The normalized spacial score (nSPS) is 10.8. The van der Waals surface area contributed by atoms with Crippen molar-refractivity contribution in [3.8, 4) is 5.75 Å². The Hall–Kier alpha value is -3.06.